The molecule has 29 heavy (non-hydrogen) atoms. The molecule has 0 fully saturated rings. The quantitative estimate of drug-likeness (QED) is 0.388. The number of aromatic nitrogens is 4. The monoisotopic (exact) mass is 409 g/mol. The lowest BCUT2D eigenvalue weighted by atomic mass is 10.2. The van der Waals surface area contributed by atoms with Crippen LogP contribution >= 0.6 is 11.8 Å². The van der Waals surface area contributed by atoms with E-state index in [0.717, 1.165) is 0 Å². The summed E-state index contributed by atoms with van der Waals surface area (Å²) in [6.45, 7) is 1.33. The molecule has 1 N–H and O–H groups in total. The molecular weight excluding hydrogens is 393 g/mol. The SMILES string of the molecule is CC(=O)Oc1ccc2ncnc(Nc3ccc(Sc4nccn4C)c(F)c3)c2c1. The van der Waals surface area contributed by atoms with Crippen LogP contribution in [0, 0.1) is 5.82 Å². The van der Waals surface area contributed by atoms with Gasteiger partial charge in [0.2, 0.25) is 0 Å². The van der Waals surface area contributed by atoms with Gasteiger partial charge in [-0.3, -0.25) is 4.79 Å². The minimum atomic E-state index is -0.418. The fourth-order valence-corrected chi connectivity index (χ4v) is 3.52. The van der Waals surface area contributed by atoms with E-state index in [1.807, 2.05) is 11.6 Å². The highest BCUT2D eigenvalue weighted by Crippen LogP contribution is 2.32. The Labute approximate surface area is 170 Å². The third-order valence-corrected chi connectivity index (χ3v) is 5.17. The van der Waals surface area contributed by atoms with Crippen molar-refractivity contribution in [2.24, 2.45) is 7.05 Å². The molecule has 0 atom stereocenters. The number of rotatable bonds is 5. The molecule has 0 bridgehead atoms. The van der Waals surface area contributed by atoms with Crippen molar-refractivity contribution >= 4 is 40.1 Å². The lowest BCUT2D eigenvalue weighted by Crippen LogP contribution is -2.02. The molecule has 0 saturated heterocycles. The number of benzene rings is 2. The van der Waals surface area contributed by atoms with E-state index in [1.165, 1.54) is 31.1 Å². The predicted molar refractivity (Wildman–Crippen MR) is 108 cm³/mol. The number of hydrogen-bond donors (Lipinski definition) is 1. The molecule has 0 saturated carbocycles. The van der Waals surface area contributed by atoms with E-state index in [4.69, 9.17) is 4.74 Å². The van der Waals surface area contributed by atoms with Gasteiger partial charge in [0.1, 0.15) is 23.7 Å². The Bertz CT molecular complexity index is 1210. The summed E-state index contributed by atoms with van der Waals surface area (Å²) in [7, 11) is 1.85. The van der Waals surface area contributed by atoms with E-state index in [-0.39, 0.29) is 5.82 Å². The minimum absolute atomic E-state index is 0.373. The maximum absolute atomic E-state index is 14.6. The molecule has 0 amide bonds. The first kappa shape index (κ1) is 18.9. The highest BCUT2D eigenvalue weighted by atomic mass is 32.2. The highest BCUT2D eigenvalue weighted by Gasteiger charge is 2.11. The van der Waals surface area contributed by atoms with Gasteiger partial charge in [-0.25, -0.2) is 19.3 Å². The lowest BCUT2D eigenvalue weighted by molar-refractivity contribution is -0.131. The molecule has 4 rings (SSSR count). The van der Waals surface area contributed by atoms with Gasteiger partial charge in [0, 0.05) is 37.4 Å². The lowest BCUT2D eigenvalue weighted by Gasteiger charge is -2.11. The third-order valence-electron chi connectivity index (χ3n) is 4.04. The number of ether oxygens (including phenoxy) is 1. The normalized spacial score (nSPS) is 10.9. The Morgan fingerprint density at radius 3 is 2.76 bits per heavy atom. The van der Waals surface area contributed by atoms with Gasteiger partial charge in [0.25, 0.3) is 0 Å². The van der Waals surface area contributed by atoms with Crippen LogP contribution in [-0.2, 0) is 11.8 Å². The molecule has 2 heterocycles. The van der Waals surface area contributed by atoms with Gasteiger partial charge in [0.05, 0.1) is 10.4 Å². The van der Waals surface area contributed by atoms with Crippen molar-refractivity contribution in [2.75, 3.05) is 5.32 Å². The summed E-state index contributed by atoms with van der Waals surface area (Å²) in [6, 6.07) is 9.90. The number of esters is 1. The first-order valence-electron chi connectivity index (χ1n) is 8.64. The molecule has 0 radical (unpaired) electrons. The fourth-order valence-electron chi connectivity index (χ4n) is 2.71. The van der Waals surface area contributed by atoms with Crippen LogP contribution in [-0.4, -0.2) is 25.5 Å². The van der Waals surface area contributed by atoms with Gasteiger partial charge in [-0.2, -0.15) is 0 Å². The molecule has 4 aromatic rings. The molecule has 2 aromatic heterocycles. The predicted octanol–water partition coefficient (Wildman–Crippen LogP) is 4.32. The number of nitrogens with zero attached hydrogens (tertiary/aromatic N) is 4. The van der Waals surface area contributed by atoms with E-state index in [9.17, 15) is 9.18 Å². The second-order valence-corrected chi connectivity index (χ2v) is 7.20. The molecule has 0 aliphatic carbocycles. The van der Waals surface area contributed by atoms with Crippen LogP contribution in [0.1, 0.15) is 6.92 Å². The van der Waals surface area contributed by atoms with Gasteiger partial charge in [-0.1, -0.05) is 0 Å². The maximum atomic E-state index is 14.6. The van der Waals surface area contributed by atoms with Crippen LogP contribution in [0.2, 0.25) is 0 Å². The standard InChI is InChI=1S/C20H16FN5O2S/c1-12(27)28-14-4-5-17-15(10-14)19(24-11-23-17)25-13-3-6-18(16(21)9-13)29-20-22-7-8-26(20)2/h3-11H,1-2H3,(H,23,24,25). The summed E-state index contributed by atoms with van der Waals surface area (Å²) in [6.07, 6.45) is 4.89. The van der Waals surface area contributed by atoms with Crippen molar-refractivity contribution in [2.45, 2.75) is 17.0 Å². The zero-order valence-electron chi connectivity index (χ0n) is 15.6. The van der Waals surface area contributed by atoms with Gasteiger partial charge in [-0.05, 0) is 48.2 Å². The number of anilines is 2. The number of halogens is 1. The minimum Gasteiger partial charge on any atom is -0.427 e. The number of carbonyl (C=O) groups is 1. The number of fused-ring (bicyclic) bond motifs is 1. The van der Waals surface area contributed by atoms with Gasteiger partial charge >= 0.3 is 5.97 Å². The Morgan fingerprint density at radius 1 is 1.17 bits per heavy atom. The molecule has 146 valence electrons. The van der Waals surface area contributed by atoms with Crippen LogP contribution in [0.25, 0.3) is 10.9 Å². The van der Waals surface area contributed by atoms with Crippen molar-refractivity contribution in [1.29, 1.82) is 0 Å². The summed E-state index contributed by atoms with van der Waals surface area (Å²) in [5, 5.41) is 4.45. The van der Waals surface area contributed by atoms with Crippen LogP contribution in [0.3, 0.4) is 0 Å². The van der Waals surface area contributed by atoms with Gasteiger partial charge in [-0.15, -0.1) is 0 Å². The third kappa shape index (κ3) is 4.19. The summed E-state index contributed by atoms with van der Waals surface area (Å²) in [5.41, 5.74) is 1.20. The average Bonchev–Trinajstić information content (AvgIpc) is 3.08. The van der Waals surface area contributed by atoms with E-state index in [1.54, 1.807) is 42.7 Å². The van der Waals surface area contributed by atoms with Crippen molar-refractivity contribution in [3.8, 4) is 5.75 Å². The van der Waals surface area contributed by atoms with E-state index in [2.05, 4.69) is 20.3 Å². The summed E-state index contributed by atoms with van der Waals surface area (Å²) in [4.78, 5) is 24.3. The number of imidazole rings is 1. The van der Waals surface area contributed by atoms with Crippen LogP contribution in [0.5, 0.6) is 5.75 Å². The number of aryl methyl sites for hydroxylation is 1. The Morgan fingerprint density at radius 2 is 2.03 bits per heavy atom. The van der Waals surface area contributed by atoms with Gasteiger partial charge in [0.15, 0.2) is 5.16 Å². The van der Waals surface area contributed by atoms with Crippen LogP contribution in [0.4, 0.5) is 15.9 Å². The second kappa shape index (κ2) is 7.88. The van der Waals surface area contributed by atoms with Crippen molar-refractivity contribution in [3.63, 3.8) is 0 Å². The molecule has 7 nitrogen and oxygen atoms in total. The zero-order chi connectivity index (χ0) is 20.4. The van der Waals surface area contributed by atoms with Crippen LogP contribution in [0.15, 0.2) is 65.2 Å². The van der Waals surface area contributed by atoms with E-state index >= 15 is 0 Å². The first-order chi connectivity index (χ1) is 14.0. The molecule has 0 spiro atoms. The molecule has 0 aliphatic heterocycles. The average molecular weight is 409 g/mol. The largest absolute Gasteiger partial charge is 0.427 e. The topological polar surface area (TPSA) is 81.9 Å². The zero-order valence-corrected chi connectivity index (χ0v) is 16.4. The Balaban J connectivity index is 1.62. The Hall–Kier alpha value is -3.46. The maximum Gasteiger partial charge on any atom is 0.308 e. The molecule has 0 unspecified atom stereocenters. The first-order valence-corrected chi connectivity index (χ1v) is 9.46. The van der Waals surface area contributed by atoms with E-state index in [0.29, 0.717) is 38.2 Å². The van der Waals surface area contributed by atoms with Gasteiger partial charge < -0.3 is 14.6 Å². The molecule has 0 aliphatic rings. The Kier molecular flexibility index (Phi) is 5.13. The number of nitrogens with one attached hydrogen (secondary N) is 1. The van der Waals surface area contributed by atoms with Crippen molar-refractivity contribution < 1.29 is 13.9 Å². The summed E-state index contributed by atoms with van der Waals surface area (Å²) in [5.74, 6) is 0.0734. The summed E-state index contributed by atoms with van der Waals surface area (Å²) < 4.78 is 21.6. The van der Waals surface area contributed by atoms with Crippen LogP contribution < -0.4 is 10.1 Å². The molecule has 2 aromatic carbocycles. The van der Waals surface area contributed by atoms with E-state index < -0.39 is 5.97 Å². The molecular formula is C20H16FN5O2S. The molecule has 9 heteroatoms. The fraction of sp³-hybridized carbons (Fsp3) is 0.100. The number of hydrogen-bond acceptors (Lipinski definition) is 7. The van der Waals surface area contributed by atoms with Crippen molar-refractivity contribution in [1.82, 2.24) is 19.5 Å². The number of carbonyl (C=O) groups excluding carboxylic acids is 1. The van der Waals surface area contributed by atoms with Crippen molar-refractivity contribution in [3.05, 3.63) is 60.9 Å². The smallest absolute Gasteiger partial charge is 0.308 e. The second-order valence-electron chi connectivity index (χ2n) is 6.19. The summed E-state index contributed by atoms with van der Waals surface area (Å²) >= 11 is 1.25. The highest BCUT2D eigenvalue weighted by molar-refractivity contribution is 7.99.